The van der Waals surface area contributed by atoms with Gasteiger partial charge in [-0.3, -0.25) is 20.4 Å². The molecule has 6 heteroatoms. The van der Waals surface area contributed by atoms with Crippen LogP contribution in [-0.4, -0.2) is 18.4 Å². The first kappa shape index (κ1) is 15.3. The smallest absolute Gasteiger partial charge is 0.276 e. The average Bonchev–Trinajstić information content (AvgIpc) is 2.97. The van der Waals surface area contributed by atoms with Crippen LogP contribution in [0.4, 0.5) is 4.39 Å². The highest BCUT2D eigenvalue weighted by Gasteiger charge is 2.18. The number of benzene rings is 1. The van der Waals surface area contributed by atoms with Crippen LogP contribution in [0.3, 0.4) is 0 Å². The third kappa shape index (κ3) is 5.06. The van der Waals surface area contributed by atoms with E-state index in [-0.39, 0.29) is 18.3 Å². The Bertz CT molecular complexity index is 501. The lowest BCUT2D eigenvalue weighted by atomic mass is 10.0. The summed E-state index contributed by atoms with van der Waals surface area (Å²) in [4.78, 5) is 23.1. The quantitative estimate of drug-likeness (QED) is 0.815. The summed E-state index contributed by atoms with van der Waals surface area (Å²) in [6.07, 6.45) is 4.89. The first-order valence-corrected chi connectivity index (χ1v) is 7.10. The molecule has 1 aliphatic carbocycles. The summed E-state index contributed by atoms with van der Waals surface area (Å²) in [7, 11) is 0. The molecule has 0 bridgehead atoms. The van der Waals surface area contributed by atoms with Crippen LogP contribution < -0.4 is 15.6 Å². The van der Waals surface area contributed by atoms with Crippen molar-refractivity contribution in [2.45, 2.75) is 32.1 Å². The fourth-order valence-electron chi connectivity index (χ4n) is 2.41. The van der Waals surface area contributed by atoms with Crippen LogP contribution >= 0.6 is 0 Å². The number of carbonyl (C=O) groups excluding carboxylic acids is 2. The molecular formula is C15H19FN2O3. The topological polar surface area (TPSA) is 67.4 Å². The number of hydrogen-bond donors (Lipinski definition) is 2. The SMILES string of the molecule is O=C(COc1ccccc1F)NNC(=O)CC1CCCC1. The zero-order valence-electron chi connectivity index (χ0n) is 11.7. The molecular weight excluding hydrogens is 275 g/mol. The van der Waals surface area contributed by atoms with Crippen molar-refractivity contribution in [2.75, 3.05) is 6.61 Å². The minimum Gasteiger partial charge on any atom is -0.481 e. The summed E-state index contributed by atoms with van der Waals surface area (Å²) in [5, 5.41) is 0. The second-order valence-corrected chi connectivity index (χ2v) is 5.17. The number of halogens is 1. The Morgan fingerprint density at radius 2 is 1.81 bits per heavy atom. The van der Waals surface area contributed by atoms with Gasteiger partial charge in [-0.1, -0.05) is 25.0 Å². The minimum atomic E-state index is -0.532. The van der Waals surface area contributed by atoms with Gasteiger partial charge in [-0.2, -0.15) is 0 Å². The fourth-order valence-corrected chi connectivity index (χ4v) is 2.41. The van der Waals surface area contributed by atoms with Crippen molar-refractivity contribution in [3.05, 3.63) is 30.1 Å². The molecule has 2 N–H and O–H groups in total. The zero-order valence-corrected chi connectivity index (χ0v) is 11.7. The van der Waals surface area contributed by atoms with E-state index < -0.39 is 11.7 Å². The maximum Gasteiger partial charge on any atom is 0.276 e. The highest BCUT2D eigenvalue weighted by molar-refractivity contribution is 5.82. The number of amides is 2. The van der Waals surface area contributed by atoms with Gasteiger partial charge < -0.3 is 4.74 Å². The minimum absolute atomic E-state index is 0.00457. The van der Waals surface area contributed by atoms with Crippen LogP contribution in [0.25, 0.3) is 0 Å². The Hall–Kier alpha value is -2.11. The van der Waals surface area contributed by atoms with E-state index in [4.69, 9.17) is 4.74 Å². The van der Waals surface area contributed by atoms with Crippen molar-refractivity contribution < 1.29 is 18.7 Å². The van der Waals surface area contributed by atoms with Gasteiger partial charge in [0.25, 0.3) is 5.91 Å². The monoisotopic (exact) mass is 294 g/mol. The summed E-state index contributed by atoms with van der Waals surface area (Å²) in [6, 6.07) is 5.82. The number of rotatable bonds is 5. The molecule has 0 saturated heterocycles. The standard InChI is InChI=1S/C15H19FN2O3/c16-12-7-3-4-8-13(12)21-10-15(20)18-17-14(19)9-11-5-1-2-6-11/h3-4,7-8,11H,1-2,5-6,9-10H2,(H,17,19)(H,18,20). The van der Waals surface area contributed by atoms with Crippen LogP contribution in [-0.2, 0) is 9.59 Å². The molecule has 1 aromatic carbocycles. The summed E-state index contributed by atoms with van der Waals surface area (Å²) in [6.45, 7) is -0.357. The lowest BCUT2D eigenvalue weighted by Crippen LogP contribution is -2.44. The summed E-state index contributed by atoms with van der Waals surface area (Å²) in [5.41, 5.74) is 4.61. The molecule has 2 rings (SSSR count). The third-order valence-corrected chi connectivity index (χ3v) is 3.49. The molecule has 0 radical (unpaired) electrons. The van der Waals surface area contributed by atoms with Crippen LogP contribution in [0.2, 0.25) is 0 Å². The van der Waals surface area contributed by atoms with Gasteiger partial charge in [-0.05, 0) is 30.9 Å². The van der Waals surface area contributed by atoms with Crippen molar-refractivity contribution in [1.29, 1.82) is 0 Å². The van der Waals surface area contributed by atoms with E-state index in [2.05, 4.69) is 10.9 Å². The zero-order chi connectivity index (χ0) is 15.1. The number of carbonyl (C=O) groups is 2. The molecule has 1 aromatic rings. The predicted octanol–water partition coefficient (Wildman–Crippen LogP) is 1.93. The van der Waals surface area contributed by atoms with Crippen molar-refractivity contribution in [2.24, 2.45) is 5.92 Å². The van der Waals surface area contributed by atoms with Gasteiger partial charge in [-0.15, -0.1) is 0 Å². The van der Waals surface area contributed by atoms with Crippen molar-refractivity contribution in [3.63, 3.8) is 0 Å². The molecule has 0 unspecified atom stereocenters. The van der Waals surface area contributed by atoms with Crippen molar-refractivity contribution in [3.8, 4) is 5.75 Å². The molecule has 0 atom stereocenters. The molecule has 1 aliphatic rings. The molecule has 0 heterocycles. The summed E-state index contributed by atoms with van der Waals surface area (Å²) >= 11 is 0. The molecule has 1 saturated carbocycles. The number of nitrogens with one attached hydrogen (secondary N) is 2. The predicted molar refractivity (Wildman–Crippen MR) is 74.8 cm³/mol. The van der Waals surface area contributed by atoms with Gasteiger partial charge >= 0.3 is 0 Å². The Labute approximate surface area is 122 Å². The lowest BCUT2D eigenvalue weighted by Gasteiger charge is -2.11. The van der Waals surface area contributed by atoms with Gasteiger partial charge in [0.1, 0.15) is 0 Å². The van der Waals surface area contributed by atoms with Crippen LogP contribution in [0.1, 0.15) is 32.1 Å². The number of para-hydroxylation sites is 1. The van der Waals surface area contributed by atoms with E-state index in [0.717, 1.165) is 12.8 Å². The van der Waals surface area contributed by atoms with E-state index in [0.29, 0.717) is 12.3 Å². The van der Waals surface area contributed by atoms with E-state index in [1.165, 1.54) is 31.0 Å². The van der Waals surface area contributed by atoms with E-state index in [9.17, 15) is 14.0 Å². The number of hydrogen-bond acceptors (Lipinski definition) is 3. The number of ether oxygens (including phenoxy) is 1. The Balaban J connectivity index is 1.65. The van der Waals surface area contributed by atoms with Crippen LogP contribution in [0.5, 0.6) is 5.75 Å². The van der Waals surface area contributed by atoms with E-state index in [1.807, 2.05) is 0 Å². The van der Waals surface area contributed by atoms with Crippen LogP contribution in [0.15, 0.2) is 24.3 Å². The third-order valence-electron chi connectivity index (χ3n) is 3.49. The highest BCUT2D eigenvalue weighted by atomic mass is 19.1. The van der Waals surface area contributed by atoms with Crippen molar-refractivity contribution >= 4 is 11.8 Å². The van der Waals surface area contributed by atoms with Gasteiger partial charge in [-0.25, -0.2) is 4.39 Å². The molecule has 5 nitrogen and oxygen atoms in total. The average molecular weight is 294 g/mol. The molecule has 0 spiro atoms. The maximum absolute atomic E-state index is 13.3. The molecule has 1 fully saturated rings. The Morgan fingerprint density at radius 1 is 1.14 bits per heavy atom. The van der Waals surface area contributed by atoms with Gasteiger partial charge in [0.2, 0.25) is 5.91 Å². The molecule has 2 amide bonds. The first-order chi connectivity index (χ1) is 10.1. The first-order valence-electron chi connectivity index (χ1n) is 7.10. The molecule has 0 aliphatic heterocycles. The second kappa shape index (κ2) is 7.61. The van der Waals surface area contributed by atoms with Crippen LogP contribution in [0, 0.1) is 11.7 Å². The van der Waals surface area contributed by atoms with Gasteiger partial charge in [0, 0.05) is 6.42 Å². The largest absolute Gasteiger partial charge is 0.481 e. The second-order valence-electron chi connectivity index (χ2n) is 5.17. The lowest BCUT2D eigenvalue weighted by molar-refractivity contribution is -0.130. The van der Waals surface area contributed by atoms with Crippen molar-refractivity contribution in [1.82, 2.24) is 10.9 Å². The molecule has 114 valence electrons. The van der Waals surface area contributed by atoms with E-state index in [1.54, 1.807) is 6.07 Å². The molecule has 21 heavy (non-hydrogen) atoms. The Kier molecular flexibility index (Phi) is 5.54. The Morgan fingerprint density at radius 3 is 2.52 bits per heavy atom. The maximum atomic E-state index is 13.3. The highest BCUT2D eigenvalue weighted by Crippen LogP contribution is 2.27. The van der Waals surface area contributed by atoms with Gasteiger partial charge in [0.05, 0.1) is 0 Å². The number of hydrazine groups is 1. The normalized spacial score (nSPS) is 14.7. The van der Waals surface area contributed by atoms with E-state index >= 15 is 0 Å². The fraction of sp³-hybridized carbons (Fsp3) is 0.467. The summed E-state index contributed by atoms with van der Waals surface area (Å²) < 4.78 is 18.3. The summed E-state index contributed by atoms with van der Waals surface area (Å²) in [5.74, 6) is -0.851. The van der Waals surface area contributed by atoms with Gasteiger partial charge in [0.15, 0.2) is 18.2 Å². The molecule has 0 aromatic heterocycles.